The molecule has 106 valence electrons. The zero-order valence-corrected chi connectivity index (χ0v) is 12.0. The molecular formula is C17H21NO2. The highest BCUT2D eigenvalue weighted by Gasteiger charge is 2.38. The third-order valence-electron chi connectivity index (χ3n) is 3.73. The number of hydrogen-bond acceptors (Lipinski definition) is 2. The molecule has 0 aliphatic carbocycles. The summed E-state index contributed by atoms with van der Waals surface area (Å²) in [6, 6.07) is 9.59. The second-order valence-corrected chi connectivity index (χ2v) is 5.09. The molecule has 0 bridgehead atoms. The van der Waals surface area contributed by atoms with Crippen LogP contribution in [0.2, 0.25) is 0 Å². The number of aliphatic hydroxyl groups excluding tert-OH is 1. The fourth-order valence-corrected chi connectivity index (χ4v) is 2.26. The smallest absolute Gasteiger partial charge is 0.229 e. The standard InChI is InChI=1S/C17H21NO2/c1-3-13(2)9-10-14(12-19)16-11-17(20)18(16)15-7-5-4-6-8-15/h4-10,16,19H,3,11-12H2,1-2H3/b13-9-,14-10+. The molecule has 1 heterocycles. The fourth-order valence-electron chi connectivity index (χ4n) is 2.26. The summed E-state index contributed by atoms with van der Waals surface area (Å²) in [6.45, 7) is 4.14. The largest absolute Gasteiger partial charge is 0.392 e. The minimum atomic E-state index is -0.0191. The summed E-state index contributed by atoms with van der Waals surface area (Å²) in [7, 11) is 0. The number of benzene rings is 1. The van der Waals surface area contributed by atoms with Crippen LogP contribution in [-0.4, -0.2) is 23.7 Å². The zero-order valence-electron chi connectivity index (χ0n) is 12.0. The van der Waals surface area contributed by atoms with Gasteiger partial charge in [0.25, 0.3) is 0 Å². The predicted octanol–water partition coefficient (Wildman–Crippen LogP) is 3.07. The Morgan fingerprint density at radius 1 is 1.35 bits per heavy atom. The lowest BCUT2D eigenvalue weighted by Crippen LogP contribution is -2.54. The third kappa shape index (κ3) is 2.99. The molecule has 1 N–H and O–H groups in total. The molecule has 20 heavy (non-hydrogen) atoms. The molecule has 0 aromatic heterocycles. The molecule has 3 nitrogen and oxygen atoms in total. The Morgan fingerprint density at radius 2 is 2.05 bits per heavy atom. The van der Waals surface area contributed by atoms with Gasteiger partial charge in [-0.1, -0.05) is 42.8 Å². The lowest BCUT2D eigenvalue weighted by atomic mass is 9.92. The number of allylic oxidation sites excluding steroid dienone is 3. The van der Waals surface area contributed by atoms with Crippen LogP contribution in [0.15, 0.2) is 53.6 Å². The second kappa shape index (κ2) is 6.53. The summed E-state index contributed by atoms with van der Waals surface area (Å²) in [5.41, 5.74) is 3.04. The van der Waals surface area contributed by atoms with Gasteiger partial charge in [0.05, 0.1) is 19.1 Å². The minimum absolute atomic E-state index is 0.0178. The zero-order chi connectivity index (χ0) is 14.5. The van der Waals surface area contributed by atoms with E-state index in [2.05, 4.69) is 13.8 Å². The van der Waals surface area contributed by atoms with Crippen LogP contribution in [-0.2, 0) is 4.79 Å². The number of rotatable bonds is 5. The number of carbonyl (C=O) groups excluding carboxylic acids is 1. The van der Waals surface area contributed by atoms with E-state index in [9.17, 15) is 9.90 Å². The minimum Gasteiger partial charge on any atom is -0.392 e. The number of nitrogens with zero attached hydrogens (tertiary/aromatic N) is 1. The Balaban J connectivity index is 2.21. The van der Waals surface area contributed by atoms with Crippen LogP contribution in [0, 0.1) is 0 Å². The second-order valence-electron chi connectivity index (χ2n) is 5.09. The van der Waals surface area contributed by atoms with E-state index in [1.807, 2.05) is 42.5 Å². The Kier molecular flexibility index (Phi) is 4.74. The molecule has 2 rings (SSSR count). The molecule has 1 fully saturated rings. The lowest BCUT2D eigenvalue weighted by Gasteiger charge is -2.41. The van der Waals surface area contributed by atoms with Gasteiger partial charge in [-0.25, -0.2) is 0 Å². The summed E-state index contributed by atoms with van der Waals surface area (Å²) >= 11 is 0. The van der Waals surface area contributed by atoms with Crippen molar-refractivity contribution in [3.63, 3.8) is 0 Å². The van der Waals surface area contributed by atoms with Crippen molar-refractivity contribution in [1.29, 1.82) is 0 Å². The number of anilines is 1. The predicted molar refractivity (Wildman–Crippen MR) is 81.5 cm³/mol. The number of hydrogen-bond donors (Lipinski definition) is 1. The molecule has 1 aromatic rings. The van der Waals surface area contributed by atoms with Crippen molar-refractivity contribution in [3.8, 4) is 0 Å². The topological polar surface area (TPSA) is 40.5 Å². The summed E-state index contributed by atoms with van der Waals surface area (Å²) in [4.78, 5) is 13.6. The molecule has 1 aliphatic rings. The SMILES string of the molecule is CC/C(C)=C\C=C(/CO)C1CC(=O)N1c1ccccc1. The van der Waals surface area contributed by atoms with E-state index >= 15 is 0 Å². The van der Waals surface area contributed by atoms with Crippen LogP contribution >= 0.6 is 0 Å². The summed E-state index contributed by atoms with van der Waals surface area (Å²) < 4.78 is 0. The van der Waals surface area contributed by atoms with E-state index in [1.54, 1.807) is 4.90 Å². The van der Waals surface area contributed by atoms with Crippen LogP contribution in [0.4, 0.5) is 5.69 Å². The molecule has 0 saturated carbocycles. The number of amides is 1. The molecule has 1 aromatic carbocycles. The Morgan fingerprint density at radius 3 is 2.60 bits per heavy atom. The van der Waals surface area contributed by atoms with E-state index in [-0.39, 0.29) is 18.6 Å². The maximum Gasteiger partial charge on any atom is 0.229 e. The van der Waals surface area contributed by atoms with Crippen molar-refractivity contribution >= 4 is 11.6 Å². The first-order valence-electron chi connectivity index (χ1n) is 7.01. The van der Waals surface area contributed by atoms with Crippen LogP contribution in [0.5, 0.6) is 0 Å². The fraction of sp³-hybridized carbons (Fsp3) is 0.353. The number of β-lactam (4-membered cyclic amide) rings is 1. The van der Waals surface area contributed by atoms with Gasteiger partial charge in [-0.15, -0.1) is 0 Å². The normalized spacial score (nSPS) is 20.1. The maximum atomic E-state index is 11.9. The van der Waals surface area contributed by atoms with Crippen molar-refractivity contribution in [2.24, 2.45) is 0 Å². The average molecular weight is 271 g/mol. The molecule has 3 heteroatoms. The van der Waals surface area contributed by atoms with E-state index in [4.69, 9.17) is 0 Å². The van der Waals surface area contributed by atoms with Crippen LogP contribution in [0.3, 0.4) is 0 Å². The number of carbonyl (C=O) groups is 1. The molecule has 0 spiro atoms. The van der Waals surface area contributed by atoms with Crippen molar-refractivity contribution < 1.29 is 9.90 Å². The first-order valence-corrected chi connectivity index (χ1v) is 7.01. The highest BCUT2D eigenvalue weighted by Crippen LogP contribution is 2.31. The van der Waals surface area contributed by atoms with Crippen molar-refractivity contribution in [2.45, 2.75) is 32.7 Å². The van der Waals surface area contributed by atoms with Crippen LogP contribution in [0.1, 0.15) is 26.7 Å². The van der Waals surface area contributed by atoms with Gasteiger partial charge in [0, 0.05) is 5.69 Å². The monoisotopic (exact) mass is 271 g/mol. The first kappa shape index (κ1) is 14.5. The quantitative estimate of drug-likeness (QED) is 0.660. The molecular weight excluding hydrogens is 250 g/mol. The molecule has 1 atom stereocenters. The van der Waals surface area contributed by atoms with Crippen molar-refractivity contribution in [1.82, 2.24) is 0 Å². The molecule has 1 saturated heterocycles. The Labute approximate surface area is 120 Å². The molecule has 1 unspecified atom stereocenters. The van der Waals surface area contributed by atoms with Gasteiger partial charge in [-0.3, -0.25) is 4.79 Å². The highest BCUT2D eigenvalue weighted by atomic mass is 16.3. The van der Waals surface area contributed by atoms with Gasteiger partial charge >= 0.3 is 0 Å². The van der Waals surface area contributed by atoms with Crippen molar-refractivity contribution in [2.75, 3.05) is 11.5 Å². The maximum absolute atomic E-state index is 11.9. The average Bonchev–Trinajstić information content (AvgIpc) is 2.47. The van der Waals surface area contributed by atoms with Gasteiger partial charge < -0.3 is 10.0 Å². The van der Waals surface area contributed by atoms with Crippen molar-refractivity contribution in [3.05, 3.63) is 53.6 Å². The van der Waals surface area contributed by atoms with E-state index in [1.165, 1.54) is 5.57 Å². The van der Waals surface area contributed by atoms with Gasteiger partial charge in [0.2, 0.25) is 5.91 Å². The van der Waals surface area contributed by atoms with Gasteiger partial charge in [-0.05, 0) is 31.1 Å². The Bertz CT molecular complexity index is 531. The van der Waals surface area contributed by atoms with Crippen LogP contribution in [0.25, 0.3) is 0 Å². The van der Waals surface area contributed by atoms with Crippen LogP contribution < -0.4 is 4.90 Å². The lowest BCUT2D eigenvalue weighted by molar-refractivity contribution is -0.123. The summed E-state index contributed by atoms with van der Waals surface area (Å²) in [5, 5.41) is 9.56. The molecule has 0 radical (unpaired) electrons. The first-order chi connectivity index (χ1) is 9.67. The molecule has 1 aliphatic heterocycles. The molecule has 1 amide bonds. The highest BCUT2D eigenvalue weighted by molar-refractivity contribution is 6.02. The summed E-state index contributed by atoms with van der Waals surface area (Å²) in [5.74, 6) is 0.108. The third-order valence-corrected chi connectivity index (χ3v) is 3.73. The Hall–Kier alpha value is -1.87. The number of aliphatic hydroxyl groups is 1. The van der Waals surface area contributed by atoms with E-state index < -0.39 is 0 Å². The van der Waals surface area contributed by atoms with E-state index in [0.717, 1.165) is 17.7 Å². The van der Waals surface area contributed by atoms with E-state index in [0.29, 0.717) is 6.42 Å². The van der Waals surface area contributed by atoms with Gasteiger partial charge in [-0.2, -0.15) is 0 Å². The number of para-hydroxylation sites is 1. The van der Waals surface area contributed by atoms with Gasteiger partial charge in [0.15, 0.2) is 0 Å². The summed E-state index contributed by atoms with van der Waals surface area (Å²) in [6.07, 6.45) is 5.44. The van der Waals surface area contributed by atoms with Gasteiger partial charge in [0.1, 0.15) is 0 Å².